The largest absolute Gasteiger partial charge is 0.456 e. The van der Waals surface area contributed by atoms with Crippen LogP contribution in [0.1, 0.15) is 47.1 Å². The highest BCUT2D eigenvalue weighted by Crippen LogP contribution is 2.31. The summed E-state index contributed by atoms with van der Waals surface area (Å²) in [5.74, 6) is 0. The molecule has 2 nitrogen and oxygen atoms in total. The maximum Gasteiger partial charge on any atom is 0.139 e. The summed E-state index contributed by atoms with van der Waals surface area (Å²) in [4.78, 5) is 2.40. The molecule has 0 radical (unpaired) electrons. The number of benzene rings is 2. The lowest BCUT2D eigenvalue weighted by atomic mass is 10.1. The van der Waals surface area contributed by atoms with Gasteiger partial charge in [-0.3, -0.25) is 4.90 Å². The van der Waals surface area contributed by atoms with Crippen molar-refractivity contribution in [1.82, 2.24) is 4.90 Å². The van der Waals surface area contributed by atoms with Crippen LogP contribution < -0.4 is 0 Å². The zero-order valence-electron chi connectivity index (χ0n) is 15.5. The average Bonchev–Trinajstić information content (AvgIpc) is 3.02. The van der Waals surface area contributed by atoms with Crippen LogP contribution in [0.4, 0.5) is 0 Å². The maximum atomic E-state index is 6.05. The fourth-order valence-electron chi connectivity index (χ4n) is 2.62. The lowest BCUT2D eigenvalue weighted by Crippen LogP contribution is -2.22. The third-order valence-corrected chi connectivity index (χ3v) is 3.77. The van der Waals surface area contributed by atoms with Crippen molar-refractivity contribution in [1.29, 1.82) is 0 Å². The zero-order chi connectivity index (χ0) is 17.2. The van der Waals surface area contributed by atoms with E-state index in [0.29, 0.717) is 0 Å². The number of furan rings is 1. The molecule has 0 saturated carbocycles. The van der Waals surface area contributed by atoms with Gasteiger partial charge in [-0.1, -0.05) is 77.9 Å². The number of nitrogens with zero attached hydrogens (tertiary/aromatic N) is 1. The molecule has 0 aliphatic rings. The van der Waals surface area contributed by atoms with E-state index in [-0.39, 0.29) is 0 Å². The first-order chi connectivity index (χ1) is 11.3. The molecule has 1 aromatic heterocycles. The minimum absolute atomic E-state index is 0.949. The fourth-order valence-corrected chi connectivity index (χ4v) is 2.62. The molecule has 2 heteroatoms. The fraction of sp³-hybridized carbons (Fsp3) is 0.429. The van der Waals surface area contributed by atoms with Gasteiger partial charge in [-0.25, -0.2) is 0 Å². The molecule has 3 rings (SSSR count). The van der Waals surface area contributed by atoms with E-state index in [9.17, 15) is 0 Å². The predicted octanol–water partition coefficient (Wildman–Crippen LogP) is 6.48. The number of hydrogen-bond acceptors (Lipinski definition) is 2. The normalized spacial score (nSPS) is 10.2. The van der Waals surface area contributed by atoms with Gasteiger partial charge in [0.1, 0.15) is 11.2 Å². The summed E-state index contributed by atoms with van der Waals surface area (Å²) in [5, 5.41) is 2.43. The number of hydrogen-bond donors (Lipinski definition) is 0. The van der Waals surface area contributed by atoms with Crippen LogP contribution in [0.25, 0.3) is 21.9 Å². The van der Waals surface area contributed by atoms with E-state index in [1.165, 1.54) is 16.3 Å². The third-order valence-electron chi connectivity index (χ3n) is 3.77. The van der Waals surface area contributed by atoms with Crippen molar-refractivity contribution in [3.63, 3.8) is 0 Å². The third kappa shape index (κ3) is 4.35. The number of rotatable bonds is 4. The lowest BCUT2D eigenvalue weighted by molar-refractivity contribution is 0.296. The molecule has 0 bridgehead atoms. The molecular formula is C21H31NO. The maximum absolute atomic E-state index is 6.05. The first-order valence-electron chi connectivity index (χ1n) is 8.95. The molecule has 1 heterocycles. The molecule has 0 fully saturated rings. The zero-order valence-corrected chi connectivity index (χ0v) is 15.5. The van der Waals surface area contributed by atoms with E-state index in [1.54, 1.807) is 0 Å². The highest BCUT2D eigenvalue weighted by Gasteiger charge is 2.11. The summed E-state index contributed by atoms with van der Waals surface area (Å²) >= 11 is 0. The second kappa shape index (κ2) is 10.1. The second-order valence-electron chi connectivity index (χ2n) is 4.85. The molecule has 0 saturated heterocycles. The van der Waals surface area contributed by atoms with Crippen LogP contribution in [0.15, 0.2) is 46.9 Å². The van der Waals surface area contributed by atoms with Gasteiger partial charge >= 0.3 is 0 Å². The molecular weight excluding hydrogens is 282 g/mol. The van der Waals surface area contributed by atoms with E-state index < -0.39 is 0 Å². The Morgan fingerprint density at radius 2 is 1.39 bits per heavy atom. The van der Waals surface area contributed by atoms with E-state index >= 15 is 0 Å². The van der Waals surface area contributed by atoms with Crippen molar-refractivity contribution in [3.05, 3.63) is 48.0 Å². The van der Waals surface area contributed by atoms with Crippen molar-refractivity contribution in [2.45, 2.75) is 48.1 Å². The second-order valence-corrected chi connectivity index (χ2v) is 4.85. The molecule has 23 heavy (non-hydrogen) atoms. The van der Waals surface area contributed by atoms with E-state index in [2.05, 4.69) is 49.1 Å². The van der Waals surface area contributed by atoms with Crippen LogP contribution in [0.5, 0.6) is 0 Å². The highest BCUT2D eigenvalue weighted by molar-refractivity contribution is 6.05. The molecule has 0 N–H and O–H groups in total. The van der Waals surface area contributed by atoms with Gasteiger partial charge in [0.2, 0.25) is 0 Å². The predicted molar refractivity (Wildman–Crippen MR) is 103 cm³/mol. The SMILES string of the molecule is CC.CC.CCN(CC)Cc1cccc2c1oc1ccccc12. The summed E-state index contributed by atoms with van der Waals surface area (Å²) in [6.45, 7) is 15.5. The molecule has 0 aliphatic heterocycles. The number of fused-ring (bicyclic) bond motifs is 3. The quantitative estimate of drug-likeness (QED) is 0.548. The summed E-state index contributed by atoms with van der Waals surface area (Å²) in [5.41, 5.74) is 3.29. The summed E-state index contributed by atoms with van der Waals surface area (Å²) in [6.07, 6.45) is 0. The Kier molecular flexibility index (Phi) is 8.42. The monoisotopic (exact) mass is 313 g/mol. The Bertz CT molecular complexity index is 695. The first-order valence-corrected chi connectivity index (χ1v) is 8.95. The minimum atomic E-state index is 0.949. The molecule has 0 amide bonds. The van der Waals surface area contributed by atoms with Gasteiger partial charge in [0, 0.05) is 22.9 Å². The summed E-state index contributed by atoms with van der Waals surface area (Å²) < 4.78 is 6.05. The van der Waals surface area contributed by atoms with E-state index in [0.717, 1.165) is 30.8 Å². The molecule has 126 valence electrons. The average molecular weight is 313 g/mol. The Balaban J connectivity index is 0.000000615. The van der Waals surface area contributed by atoms with Gasteiger partial charge in [-0.15, -0.1) is 0 Å². The Hall–Kier alpha value is -1.80. The summed E-state index contributed by atoms with van der Waals surface area (Å²) in [6, 6.07) is 14.7. The van der Waals surface area contributed by atoms with Gasteiger partial charge in [0.25, 0.3) is 0 Å². The molecule has 2 aromatic carbocycles. The molecule has 3 aromatic rings. The van der Waals surface area contributed by atoms with Crippen molar-refractivity contribution in [3.8, 4) is 0 Å². The van der Waals surface area contributed by atoms with Crippen molar-refractivity contribution < 1.29 is 4.42 Å². The van der Waals surface area contributed by atoms with E-state index in [1.807, 2.05) is 39.8 Å². The van der Waals surface area contributed by atoms with Gasteiger partial charge in [0.05, 0.1) is 0 Å². The van der Waals surface area contributed by atoms with Crippen LogP contribution in [0.3, 0.4) is 0 Å². The Morgan fingerprint density at radius 3 is 2.04 bits per heavy atom. The van der Waals surface area contributed by atoms with Crippen LogP contribution in [-0.2, 0) is 6.54 Å². The molecule has 0 unspecified atom stereocenters. The summed E-state index contributed by atoms with van der Waals surface area (Å²) in [7, 11) is 0. The van der Waals surface area contributed by atoms with Crippen molar-refractivity contribution >= 4 is 21.9 Å². The topological polar surface area (TPSA) is 16.4 Å². The lowest BCUT2D eigenvalue weighted by Gasteiger charge is -2.17. The molecule has 0 spiro atoms. The van der Waals surface area contributed by atoms with Crippen LogP contribution >= 0.6 is 0 Å². The van der Waals surface area contributed by atoms with Crippen LogP contribution in [0, 0.1) is 0 Å². The number of para-hydroxylation sites is 2. The first kappa shape index (κ1) is 19.2. The molecule has 0 aliphatic carbocycles. The van der Waals surface area contributed by atoms with Crippen molar-refractivity contribution in [2.24, 2.45) is 0 Å². The smallest absolute Gasteiger partial charge is 0.139 e. The van der Waals surface area contributed by atoms with Gasteiger partial charge in [0.15, 0.2) is 0 Å². The van der Waals surface area contributed by atoms with Gasteiger partial charge in [-0.2, -0.15) is 0 Å². The van der Waals surface area contributed by atoms with Crippen molar-refractivity contribution in [2.75, 3.05) is 13.1 Å². The van der Waals surface area contributed by atoms with Gasteiger partial charge in [-0.05, 0) is 19.2 Å². The highest BCUT2D eigenvalue weighted by atomic mass is 16.3. The Labute approximate surface area is 141 Å². The minimum Gasteiger partial charge on any atom is -0.456 e. The van der Waals surface area contributed by atoms with Crippen LogP contribution in [0.2, 0.25) is 0 Å². The Morgan fingerprint density at radius 1 is 0.783 bits per heavy atom. The standard InChI is InChI=1S/C17H19NO.2C2H6/c1-3-18(4-2)12-13-8-7-10-15-14-9-5-6-11-16(14)19-17(13)15;2*1-2/h5-11H,3-4,12H2,1-2H3;2*1-2H3. The van der Waals surface area contributed by atoms with Crippen LogP contribution in [-0.4, -0.2) is 18.0 Å². The molecule has 0 atom stereocenters. The van der Waals surface area contributed by atoms with Gasteiger partial charge < -0.3 is 4.42 Å². The van der Waals surface area contributed by atoms with E-state index in [4.69, 9.17) is 4.42 Å².